The van der Waals surface area contributed by atoms with Crippen LogP contribution in [0.15, 0.2) is 66.7 Å². The molecule has 0 saturated carbocycles. The molecule has 0 unspecified atom stereocenters. The lowest BCUT2D eigenvalue weighted by Gasteiger charge is -2.08. The number of amides is 2. The van der Waals surface area contributed by atoms with Gasteiger partial charge in [-0.25, -0.2) is 4.79 Å². The van der Waals surface area contributed by atoms with Gasteiger partial charge in [0, 0.05) is 17.3 Å². The summed E-state index contributed by atoms with van der Waals surface area (Å²) in [6, 6.07) is 19.8. The van der Waals surface area contributed by atoms with E-state index in [2.05, 4.69) is 26.1 Å². The maximum absolute atomic E-state index is 11.9. The van der Waals surface area contributed by atoms with E-state index >= 15 is 0 Å². The van der Waals surface area contributed by atoms with Gasteiger partial charge in [0.2, 0.25) is 0 Å². The van der Waals surface area contributed by atoms with E-state index in [4.69, 9.17) is 11.6 Å². The van der Waals surface area contributed by atoms with Crippen LogP contribution in [0.5, 0.6) is 0 Å². The highest BCUT2D eigenvalue weighted by molar-refractivity contribution is 6.31. The summed E-state index contributed by atoms with van der Waals surface area (Å²) in [5.41, 5.74) is 1.67. The first kappa shape index (κ1) is 16.7. The minimum atomic E-state index is -0.378. The number of urea groups is 1. The van der Waals surface area contributed by atoms with Crippen molar-refractivity contribution in [3.63, 3.8) is 0 Å². The van der Waals surface area contributed by atoms with Crippen molar-refractivity contribution in [1.82, 2.24) is 10.2 Å². The maximum atomic E-state index is 11.9. The normalized spacial score (nSPS) is 10.1. The van der Waals surface area contributed by atoms with E-state index in [1.165, 1.54) is 0 Å². The van der Waals surface area contributed by atoms with Gasteiger partial charge in [0.15, 0.2) is 5.82 Å². The fourth-order valence-electron chi connectivity index (χ4n) is 2.12. The average molecular weight is 354 g/mol. The van der Waals surface area contributed by atoms with Gasteiger partial charge in [0.25, 0.3) is 0 Å². The van der Waals surface area contributed by atoms with Crippen LogP contribution < -0.4 is 16.0 Å². The van der Waals surface area contributed by atoms with E-state index in [-0.39, 0.29) is 6.03 Å². The zero-order chi connectivity index (χ0) is 17.5. The number of nitrogens with one attached hydrogen (secondary N) is 3. The van der Waals surface area contributed by atoms with E-state index in [1.54, 1.807) is 24.3 Å². The van der Waals surface area contributed by atoms with Crippen molar-refractivity contribution < 1.29 is 4.79 Å². The SMILES string of the molecule is O=C(Nc1ccccc1)Nc1ccc(NCc2ccccc2Cl)nn1. The lowest BCUT2D eigenvalue weighted by Crippen LogP contribution is -2.20. The summed E-state index contributed by atoms with van der Waals surface area (Å²) in [6.07, 6.45) is 0. The predicted octanol–water partition coefficient (Wildman–Crippen LogP) is 4.39. The Kier molecular flexibility index (Phi) is 5.43. The lowest BCUT2D eigenvalue weighted by molar-refractivity contribution is 0.262. The van der Waals surface area contributed by atoms with Crippen LogP contribution >= 0.6 is 11.6 Å². The van der Waals surface area contributed by atoms with Crippen molar-refractivity contribution in [2.45, 2.75) is 6.54 Å². The molecule has 2 amide bonds. The molecule has 0 aliphatic heterocycles. The molecule has 3 aromatic rings. The summed E-state index contributed by atoms with van der Waals surface area (Å²) in [4.78, 5) is 11.9. The fourth-order valence-corrected chi connectivity index (χ4v) is 2.32. The van der Waals surface area contributed by atoms with Crippen LogP contribution in [0.1, 0.15) is 5.56 Å². The van der Waals surface area contributed by atoms with Gasteiger partial charge in [-0.3, -0.25) is 5.32 Å². The number of halogens is 1. The monoisotopic (exact) mass is 353 g/mol. The number of para-hydroxylation sites is 1. The molecular formula is C18H16ClN5O. The smallest absolute Gasteiger partial charge is 0.324 e. The second-order valence-electron chi connectivity index (χ2n) is 5.19. The van der Waals surface area contributed by atoms with Crippen LogP contribution in [-0.2, 0) is 6.54 Å². The molecule has 1 heterocycles. The molecule has 0 saturated heterocycles. The van der Waals surface area contributed by atoms with Crippen molar-refractivity contribution in [3.05, 3.63) is 77.3 Å². The third-order valence-electron chi connectivity index (χ3n) is 3.36. The minimum absolute atomic E-state index is 0.358. The Hall–Kier alpha value is -3.12. The number of anilines is 3. The summed E-state index contributed by atoms with van der Waals surface area (Å²) < 4.78 is 0. The Labute approximate surface area is 150 Å². The molecule has 0 spiro atoms. The first-order chi connectivity index (χ1) is 12.2. The van der Waals surface area contributed by atoms with Crippen molar-refractivity contribution in [3.8, 4) is 0 Å². The van der Waals surface area contributed by atoms with Crippen LogP contribution in [0.25, 0.3) is 0 Å². The molecule has 126 valence electrons. The third kappa shape index (κ3) is 4.92. The molecule has 7 heteroatoms. The maximum Gasteiger partial charge on any atom is 0.324 e. The number of benzene rings is 2. The van der Waals surface area contributed by atoms with Gasteiger partial charge in [0.1, 0.15) is 5.82 Å². The van der Waals surface area contributed by atoms with E-state index in [1.807, 2.05) is 42.5 Å². The molecule has 25 heavy (non-hydrogen) atoms. The number of hydrogen-bond donors (Lipinski definition) is 3. The largest absolute Gasteiger partial charge is 0.364 e. The Morgan fingerprint density at radius 3 is 2.24 bits per heavy atom. The van der Waals surface area contributed by atoms with E-state index in [9.17, 15) is 4.79 Å². The predicted molar refractivity (Wildman–Crippen MR) is 99.9 cm³/mol. The molecule has 0 atom stereocenters. The average Bonchev–Trinajstić information content (AvgIpc) is 2.63. The topological polar surface area (TPSA) is 78.9 Å². The highest BCUT2D eigenvalue weighted by Crippen LogP contribution is 2.16. The molecule has 2 aromatic carbocycles. The first-order valence-corrected chi connectivity index (χ1v) is 8.02. The fraction of sp³-hybridized carbons (Fsp3) is 0.0556. The van der Waals surface area contributed by atoms with Gasteiger partial charge >= 0.3 is 6.03 Å². The Morgan fingerprint density at radius 2 is 1.52 bits per heavy atom. The highest BCUT2D eigenvalue weighted by atomic mass is 35.5. The summed E-state index contributed by atoms with van der Waals surface area (Å²) in [7, 11) is 0. The second-order valence-corrected chi connectivity index (χ2v) is 5.60. The lowest BCUT2D eigenvalue weighted by atomic mass is 10.2. The Balaban J connectivity index is 1.53. The van der Waals surface area contributed by atoms with Crippen molar-refractivity contribution in [2.75, 3.05) is 16.0 Å². The quantitative estimate of drug-likeness (QED) is 0.635. The number of carbonyl (C=O) groups excluding carboxylic acids is 1. The molecule has 1 aromatic heterocycles. The zero-order valence-corrected chi connectivity index (χ0v) is 14.0. The molecule has 0 bridgehead atoms. The van der Waals surface area contributed by atoms with E-state index in [0.717, 1.165) is 5.56 Å². The number of nitrogens with zero attached hydrogens (tertiary/aromatic N) is 2. The number of carbonyl (C=O) groups is 1. The standard InChI is InChI=1S/C18H16ClN5O/c19-15-9-5-4-6-13(15)12-20-16-10-11-17(24-23-16)22-18(25)21-14-7-2-1-3-8-14/h1-11H,12H2,(H,20,23)(H2,21,22,24,25). The second kappa shape index (κ2) is 8.12. The van der Waals surface area contributed by atoms with Gasteiger partial charge in [-0.15, -0.1) is 10.2 Å². The Bertz CT molecular complexity index is 840. The van der Waals surface area contributed by atoms with Crippen LogP contribution in [0.4, 0.5) is 22.1 Å². The first-order valence-electron chi connectivity index (χ1n) is 7.65. The zero-order valence-electron chi connectivity index (χ0n) is 13.2. The molecule has 0 fully saturated rings. The summed E-state index contributed by atoms with van der Waals surface area (Å²) in [5, 5.41) is 17.2. The molecule has 3 N–H and O–H groups in total. The molecule has 3 rings (SSSR count). The van der Waals surface area contributed by atoms with Crippen molar-refractivity contribution >= 4 is 35.0 Å². The molecule has 0 aliphatic rings. The highest BCUT2D eigenvalue weighted by Gasteiger charge is 2.05. The summed E-state index contributed by atoms with van der Waals surface area (Å²) in [6.45, 7) is 0.537. The molecule has 0 radical (unpaired) electrons. The van der Waals surface area contributed by atoms with Gasteiger partial charge in [-0.2, -0.15) is 0 Å². The van der Waals surface area contributed by atoms with Gasteiger partial charge in [-0.1, -0.05) is 48.0 Å². The Morgan fingerprint density at radius 1 is 0.840 bits per heavy atom. The van der Waals surface area contributed by atoms with Crippen molar-refractivity contribution in [1.29, 1.82) is 0 Å². The number of hydrogen-bond acceptors (Lipinski definition) is 4. The van der Waals surface area contributed by atoms with Crippen molar-refractivity contribution in [2.24, 2.45) is 0 Å². The van der Waals surface area contributed by atoms with Crippen LogP contribution in [0.2, 0.25) is 5.02 Å². The third-order valence-corrected chi connectivity index (χ3v) is 3.72. The van der Waals surface area contributed by atoms with Crippen LogP contribution in [-0.4, -0.2) is 16.2 Å². The van der Waals surface area contributed by atoms with E-state index < -0.39 is 0 Å². The number of rotatable bonds is 5. The van der Waals surface area contributed by atoms with Gasteiger partial charge < -0.3 is 10.6 Å². The number of aromatic nitrogens is 2. The van der Waals surface area contributed by atoms with E-state index in [0.29, 0.717) is 28.9 Å². The van der Waals surface area contributed by atoms with Gasteiger partial charge in [-0.05, 0) is 35.9 Å². The van der Waals surface area contributed by atoms with Crippen LogP contribution in [0.3, 0.4) is 0 Å². The minimum Gasteiger partial charge on any atom is -0.364 e. The van der Waals surface area contributed by atoms with Crippen LogP contribution in [0, 0.1) is 0 Å². The molecular weight excluding hydrogens is 338 g/mol. The summed E-state index contributed by atoms with van der Waals surface area (Å²) in [5.74, 6) is 0.950. The summed E-state index contributed by atoms with van der Waals surface area (Å²) >= 11 is 6.11. The molecule has 0 aliphatic carbocycles. The van der Waals surface area contributed by atoms with Gasteiger partial charge in [0.05, 0.1) is 0 Å². The molecule has 6 nitrogen and oxygen atoms in total.